The van der Waals surface area contributed by atoms with Gasteiger partial charge in [-0.2, -0.15) is 13.2 Å². The van der Waals surface area contributed by atoms with Crippen LogP contribution < -0.4 is 4.74 Å². The van der Waals surface area contributed by atoms with Crippen molar-refractivity contribution in [3.8, 4) is 5.75 Å². The normalized spacial score (nSPS) is 12.1. The standard InChI is InChI=1S/C12H12ClF3O/c1-17-11-7-9(4-2-3-5-13)6-10(8-11)12(14,15)16/h2,4,6-8H,3,5H2,1H3. The van der Waals surface area contributed by atoms with Gasteiger partial charge in [-0.25, -0.2) is 0 Å². The van der Waals surface area contributed by atoms with Crippen molar-refractivity contribution in [2.45, 2.75) is 12.6 Å². The largest absolute Gasteiger partial charge is 0.497 e. The topological polar surface area (TPSA) is 9.23 Å². The number of methoxy groups -OCH3 is 1. The zero-order valence-corrected chi connectivity index (χ0v) is 9.98. The third-order valence-corrected chi connectivity index (χ3v) is 2.30. The van der Waals surface area contributed by atoms with Crippen LogP contribution in [0.15, 0.2) is 24.3 Å². The third kappa shape index (κ3) is 4.30. The van der Waals surface area contributed by atoms with Gasteiger partial charge in [0.2, 0.25) is 0 Å². The average molecular weight is 265 g/mol. The lowest BCUT2D eigenvalue weighted by Gasteiger charge is -2.10. The quantitative estimate of drug-likeness (QED) is 0.735. The Balaban J connectivity index is 3.06. The van der Waals surface area contributed by atoms with E-state index in [9.17, 15) is 13.2 Å². The highest BCUT2D eigenvalue weighted by atomic mass is 35.5. The molecule has 0 radical (unpaired) electrons. The molecule has 94 valence electrons. The Bertz CT molecular complexity index is 399. The van der Waals surface area contributed by atoms with E-state index >= 15 is 0 Å². The van der Waals surface area contributed by atoms with Gasteiger partial charge in [0, 0.05) is 5.88 Å². The van der Waals surface area contributed by atoms with E-state index in [4.69, 9.17) is 16.3 Å². The van der Waals surface area contributed by atoms with Crippen molar-refractivity contribution in [1.82, 2.24) is 0 Å². The predicted molar refractivity (Wildman–Crippen MR) is 62.4 cm³/mol. The van der Waals surface area contributed by atoms with Gasteiger partial charge in [-0.05, 0) is 30.2 Å². The average Bonchev–Trinajstić information content (AvgIpc) is 2.28. The first-order valence-corrected chi connectivity index (χ1v) is 5.49. The Labute approximate surface area is 103 Å². The molecule has 5 heteroatoms. The molecule has 1 rings (SSSR count). The summed E-state index contributed by atoms with van der Waals surface area (Å²) in [6, 6.07) is 3.59. The van der Waals surface area contributed by atoms with Crippen LogP contribution in [-0.2, 0) is 6.18 Å². The highest BCUT2D eigenvalue weighted by molar-refractivity contribution is 6.17. The van der Waals surface area contributed by atoms with Gasteiger partial charge in [-0.1, -0.05) is 12.2 Å². The van der Waals surface area contributed by atoms with Crippen molar-refractivity contribution in [3.05, 3.63) is 35.4 Å². The molecule has 1 aromatic rings. The first-order chi connectivity index (χ1) is 7.97. The third-order valence-electron chi connectivity index (χ3n) is 2.08. The highest BCUT2D eigenvalue weighted by Gasteiger charge is 2.31. The van der Waals surface area contributed by atoms with Crippen LogP contribution >= 0.6 is 11.6 Å². The van der Waals surface area contributed by atoms with Gasteiger partial charge in [-0.15, -0.1) is 11.6 Å². The summed E-state index contributed by atoms with van der Waals surface area (Å²) in [6.45, 7) is 0. The summed E-state index contributed by atoms with van der Waals surface area (Å²) in [5, 5.41) is 0. The van der Waals surface area contributed by atoms with Crippen molar-refractivity contribution in [1.29, 1.82) is 0 Å². The van der Waals surface area contributed by atoms with Gasteiger partial charge in [0.25, 0.3) is 0 Å². The lowest BCUT2D eigenvalue weighted by atomic mass is 10.1. The molecule has 0 atom stereocenters. The SMILES string of the molecule is COc1cc(C=CCCCl)cc(C(F)(F)F)c1. The Hall–Kier alpha value is -1.16. The molecule has 0 saturated heterocycles. The van der Waals surface area contributed by atoms with Gasteiger partial charge >= 0.3 is 6.18 Å². The molecule has 0 fully saturated rings. The minimum atomic E-state index is -4.37. The van der Waals surface area contributed by atoms with Crippen LogP contribution in [0, 0.1) is 0 Å². The number of halogens is 4. The second-order valence-electron chi connectivity index (χ2n) is 3.37. The number of benzene rings is 1. The minimum absolute atomic E-state index is 0.186. The Morgan fingerprint density at radius 2 is 2.00 bits per heavy atom. The van der Waals surface area contributed by atoms with Gasteiger partial charge < -0.3 is 4.74 Å². The molecule has 0 spiro atoms. The van der Waals surface area contributed by atoms with E-state index in [0.29, 0.717) is 17.9 Å². The summed E-state index contributed by atoms with van der Waals surface area (Å²) in [5.41, 5.74) is -0.274. The van der Waals surface area contributed by atoms with Gasteiger partial charge in [0.1, 0.15) is 5.75 Å². The Kier molecular flexibility index (Phi) is 4.87. The minimum Gasteiger partial charge on any atom is -0.497 e. The van der Waals surface area contributed by atoms with E-state index in [-0.39, 0.29) is 5.75 Å². The van der Waals surface area contributed by atoms with Crippen LogP contribution in [0.1, 0.15) is 17.5 Å². The fraction of sp³-hybridized carbons (Fsp3) is 0.333. The lowest BCUT2D eigenvalue weighted by Crippen LogP contribution is -2.05. The van der Waals surface area contributed by atoms with Gasteiger partial charge in [-0.3, -0.25) is 0 Å². The van der Waals surface area contributed by atoms with Crippen LogP contribution in [0.25, 0.3) is 6.08 Å². The van der Waals surface area contributed by atoms with Crippen LogP contribution in [0.3, 0.4) is 0 Å². The molecule has 0 aromatic heterocycles. The maximum atomic E-state index is 12.6. The second-order valence-corrected chi connectivity index (χ2v) is 3.75. The monoisotopic (exact) mass is 264 g/mol. The van der Waals surface area contributed by atoms with E-state index in [2.05, 4.69) is 0 Å². The maximum Gasteiger partial charge on any atom is 0.416 e. The summed E-state index contributed by atoms with van der Waals surface area (Å²) in [4.78, 5) is 0. The van der Waals surface area contributed by atoms with E-state index in [0.717, 1.165) is 12.1 Å². The Morgan fingerprint density at radius 1 is 1.29 bits per heavy atom. The highest BCUT2D eigenvalue weighted by Crippen LogP contribution is 2.32. The molecular formula is C12H12ClF3O. The van der Waals surface area contributed by atoms with Crippen molar-refractivity contribution in [3.63, 3.8) is 0 Å². The molecule has 0 aliphatic rings. The summed E-state index contributed by atoms with van der Waals surface area (Å²) in [7, 11) is 1.34. The predicted octanol–water partition coefficient (Wildman–Crippen LogP) is 4.36. The number of hydrogen-bond acceptors (Lipinski definition) is 1. The summed E-state index contributed by atoms with van der Waals surface area (Å²) in [5.74, 6) is 0.623. The zero-order chi connectivity index (χ0) is 12.9. The number of allylic oxidation sites excluding steroid dienone is 1. The first-order valence-electron chi connectivity index (χ1n) is 4.96. The second kappa shape index (κ2) is 5.96. The molecule has 17 heavy (non-hydrogen) atoms. The molecule has 0 N–H and O–H groups in total. The van der Waals surface area contributed by atoms with Crippen molar-refractivity contribution in [2.75, 3.05) is 13.0 Å². The molecule has 0 aliphatic carbocycles. The van der Waals surface area contributed by atoms with Gasteiger partial charge in [0.05, 0.1) is 12.7 Å². The van der Waals surface area contributed by atoms with E-state index < -0.39 is 11.7 Å². The van der Waals surface area contributed by atoms with Crippen LogP contribution in [-0.4, -0.2) is 13.0 Å². The molecule has 0 bridgehead atoms. The number of hydrogen-bond donors (Lipinski definition) is 0. The molecule has 0 saturated carbocycles. The molecule has 0 amide bonds. The van der Waals surface area contributed by atoms with Crippen molar-refractivity contribution < 1.29 is 17.9 Å². The summed E-state index contributed by atoms with van der Waals surface area (Å²) in [6.07, 6.45) is -0.439. The fourth-order valence-corrected chi connectivity index (χ4v) is 1.41. The van der Waals surface area contributed by atoms with E-state index in [1.54, 1.807) is 18.2 Å². The summed E-state index contributed by atoms with van der Waals surface area (Å²) >= 11 is 5.47. The number of alkyl halides is 4. The smallest absolute Gasteiger partial charge is 0.416 e. The van der Waals surface area contributed by atoms with E-state index in [1.165, 1.54) is 7.11 Å². The zero-order valence-electron chi connectivity index (χ0n) is 9.22. The molecular weight excluding hydrogens is 253 g/mol. The molecule has 0 aliphatic heterocycles. The molecule has 0 unspecified atom stereocenters. The molecule has 1 nitrogen and oxygen atoms in total. The molecule has 0 heterocycles. The van der Waals surface area contributed by atoms with E-state index in [1.807, 2.05) is 0 Å². The van der Waals surface area contributed by atoms with Crippen LogP contribution in [0.5, 0.6) is 5.75 Å². The lowest BCUT2D eigenvalue weighted by molar-refractivity contribution is -0.137. The van der Waals surface area contributed by atoms with Crippen molar-refractivity contribution in [2.24, 2.45) is 0 Å². The Morgan fingerprint density at radius 3 is 2.53 bits per heavy atom. The van der Waals surface area contributed by atoms with Crippen molar-refractivity contribution >= 4 is 17.7 Å². The fourth-order valence-electron chi connectivity index (χ4n) is 1.28. The number of ether oxygens (including phenoxy) is 1. The van der Waals surface area contributed by atoms with Crippen LogP contribution in [0.2, 0.25) is 0 Å². The maximum absolute atomic E-state index is 12.6. The van der Waals surface area contributed by atoms with Gasteiger partial charge in [0.15, 0.2) is 0 Å². The molecule has 1 aromatic carbocycles. The number of rotatable bonds is 4. The first kappa shape index (κ1) is 13.9. The summed E-state index contributed by atoms with van der Waals surface area (Å²) < 4.78 is 42.6. The van der Waals surface area contributed by atoms with Crippen LogP contribution in [0.4, 0.5) is 13.2 Å².